The lowest BCUT2D eigenvalue weighted by molar-refractivity contribution is -0.122. The summed E-state index contributed by atoms with van der Waals surface area (Å²) < 4.78 is 16.5. The molecule has 6 nitrogen and oxygen atoms in total. The fraction of sp³-hybridized carbons (Fsp3) is 0.444. The Morgan fingerprint density at radius 3 is 2.42 bits per heavy atom. The minimum atomic E-state index is -0.0463. The molecular weight excluding hydrogens is 372 g/mol. The van der Waals surface area contributed by atoms with E-state index in [1.54, 1.807) is 25.2 Å². The highest BCUT2D eigenvalue weighted by Crippen LogP contribution is 2.33. The Kier molecular flexibility index (Phi) is 6.53. The molecule has 2 heterocycles. The van der Waals surface area contributed by atoms with Crippen LogP contribution in [0.15, 0.2) is 23.1 Å². The number of methoxy groups -OCH3 is 2. The number of thiocarbonyl (C=S) groups is 1. The molecule has 0 radical (unpaired) electrons. The van der Waals surface area contributed by atoms with Crippen molar-refractivity contribution in [3.05, 3.63) is 28.7 Å². The van der Waals surface area contributed by atoms with Crippen LogP contribution in [0.4, 0.5) is 0 Å². The molecule has 1 amide bonds. The van der Waals surface area contributed by atoms with Gasteiger partial charge in [-0.25, -0.2) is 0 Å². The Hall–Kier alpha value is -1.61. The maximum Gasteiger partial charge on any atom is 0.266 e. The third-order valence-electron chi connectivity index (χ3n) is 4.29. The highest BCUT2D eigenvalue weighted by Gasteiger charge is 2.32. The van der Waals surface area contributed by atoms with Gasteiger partial charge in [-0.05, 0) is 23.8 Å². The standard InChI is InChI=1S/C18H22N2O4S2/c1-22-14-9-13(10-15(12-14)23-2)11-16-17(21)20(18(25)26-16)4-3-19-5-7-24-8-6-19/h9-12H,3-8H2,1-2H3/b16-11+. The van der Waals surface area contributed by atoms with Gasteiger partial charge in [-0.1, -0.05) is 24.0 Å². The number of thioether (sulfide) groups is 1. The lowest BCUT2D eigenvalue weighted by Gasteiger charge is -2.28. The maximum absolute atomic E-state index is 12.7. The molecule has 0 N–H and O–H groups in total. The normalized spacial score (nSPS) is 20.1. The van der Waals surface area contributed by atoms with Gasteiger partial charge in [0, 0.05) is 32.2 Å². The first-order valence-corrected chi connectivity index (χ1v) is 9.61. The molecule has 2 aliphatic heterocycles. The summed E-state index contributed by atoms with van der Waals surface area (Å²) in [6.45, 7) is 4.69. The summed E-state index contributed by atoms with van der Waals surface area (Å²) in [5.74, 6) is 1.31. The second-order valence-corrected chi connectivity index (χ2v) is 7.61. The number of ether oxygens (including phenoxy) is 3. The molecule has 3 rings (SSSR count). The van der Waals surface area contributed by atoms with E-state index in [0.29, 0.717) is 27.3 Å². The molecule has 140 valence electrons. The maximum atomic E-state index is 12.7. The van der Waals surface area contributed by atoms with Gasteiger partial charge >= 0.3 is 0 Å². The van der Waals surface area contributed by atoms with E-state index >= 15 is 0 Å². The van der Waals surface area contributed by atoms with Crippen molar-refractivity contribution in [2.45, 2.75) is 0 Å². The summed E-state index contributed by atoms with van der Waals surface area (Å²) in [7, 11) is 3.20. The molecule has 0 atom stereocenters. The van der Waals surface area contributed by atoms with Crippen molar-refractivity contribution >= 4 is 40.3 Å². The zero-order valence-corrected chi connectivity index (χ0v) is 16.5. The third kappa shape index (κ3) is 4.56. The van der Waals surface area contributed by atoms with E-state index < -0.39 is 0 Å². The van der Waals surface area contributed by atoms with Crippen LogP contribution in [0.1, 0.15) is 5.56 Å². The van der Waals surface area contributed by atoms with E-state index in [9.17, 15) is 4.79 Å². The Labute approximate surface area is 163 Å². The van der Waals surface area contributed by atoms with Gasteiger partial charge in [0.05, 0.1) is 32.3 Å². The summed E-state index contributed by atoms with van der Waals surface area (Å²) in [6.07, 6.45) is 1.83. The SMILES string of the molecule is COc1cc(/C=C2/SC(=S)N(CCN3CCOCC3)C2=O)cc(OC)c1. The molecular formula is C18H22N2O4S2. The number of carbonyl (C=O) groups excluding carboxylic acids is 1. The number of amides is 1. The first kappa shape index (κ1) is 19.2. The van der Waals surface area contributed by atoms with Gasteiger partial charge in [0.25, 0.3) is 5.91 Å². The van der Waals surface area contributed by atoms with Gasteiger partial charge in [0.2, 0.25) is 0 Å². The Morgan fingerprint density at radius 1 is 1.15 bits per heavy atom. The molecule has 1 aromatic carbocycles. The molecule has 0 unspecified atom stereocenters. The van der Waals surface area contributed by atoms with Crippen LogP contribution >= 0.6 is 24.0 Å². The number of benzene rings is 1. The lowest BCUT2D eigenvalue weighted by Crippen LogP contribution is -2.42. The van der Waals surface area contributed by atoms with Crippen molar-refractivity contribution < 1.29 is 19.0 Å². The largest absolute Gasteiger partial charge is 0.497 e. The first-order chi connectivity index (χ1) is 12.6. The summed E-state index contributed by atoms with van der Waals surface area (Å²) >= 11 is 6.74. The summed E-state index contributed by atoms with van der Waals surface area (Å²) in [4.78, 5) is 17.3. The number of hydrogen-bond acceptors (Lipinski definition) is 7. The van der Waals surface area contributed by atoms with Gasteiger partial charge < -0.3 is 14.2 Å². The van der Waals surface area contributed by atoms with E-state index in [-0.39, 0.29) is 5.91 Å². The molecule has 2 aliphatic rings. The fourth-order valence-electron chi connectivity index (χ4n) is 2.82. The Bertz CT molecular complexity index is 695. The van der Waals surface area contributed by atoms with Crippen LogP contribution in [0.3, 0.4) is 0 Å². The van der Waals surface area contributed by atoms with Gasteiger partial charge in [-0.15, -0.1) is 0 Å². The van der Waals surface area contributed by atoms with E-state index in [1.807, 2.05) is 18.2 Å². The second-order valence-electron chi connectivity index (χ2n) is 5.93. The van der Waals surface area contributed by atoms with Crippen molar-refractivity contribution in [3.8, 4) is 11.5 Å². The highest BCUT2D eigenvalue weighted by atomic mass is 32.2. The highest BCUT2D eigenvalue weighted by molar-refractivity contribution is 8.26. The Balaban J connectivity index is 1.70. The molecule has 26 heavy (non-hydrogen) atoms. The predicted octanol–water partition coefficient (Wildman–Crippen LogP) is 2.24. The van der Waals surface area contributed by atoms with Crippen LogP contribution in [-0.2, 0) is 9.53 Å². The van der Waals surface area contributed by atoms with E-state index in [0.717, 1.165) is 38.4 Å². The quantitative estimate of drug-likeness (QED) is 0.542. The molecule has 0 aliphatic carbocycles. The van der Waals surface area contributed by atoms with Crippen LogP contribution in [-0.4, -0.2) is 73.6 Å². The minimum Gasteiger partial charge on any atom is -0.497 e. The second kappa shape index (κ2) is 8.85. The Morgan fingerprint density at radius 2 is 1.81 bits per heavy atom. The molecule has 0 aromatic heterocycles. The smallest absolute Gasteiger partial charge is 0.266 e. The average Bonchev–Trinajstić information content (AvgIpc) is 2.93. The summed E-state index contributed by atoms with van der Waals surface area (Å²) in [6, 6.07) is 5.52. The number of carbonyl (C=O) groups is 1. The molecule has 0 spiro atoms. The minimum absolute atomic E-state index is 0.0463. The molecule has 8 heteroatoms. The molecule has 1 aromatic rings. The monoisotopic (exact) mass is 394 g/mol. The van der Waals surface area contributed by atoms with Crippen molar-refractivity contribution in [1.82, 2.24) is 9.80 Å². The average molecular weight is 395 g/mol. The van der Waals surface area contributed by atoms with Crippen LogP contribution in [0.5, 0.6) is 11.5 Å². The predicted molar refractivity (Wildman–Crippen MR) is 107 cm³/mol. The fourth-order valence-corrected chi connectivity index (χ4v) is 4.13. The van der Waals surface area contributed by atoms with Crippen LogP contribution in [0.2, 0.25) is 0 Å². The third-order valence-corrected chi connectivity index (χ3v) is 5.67. The lowest BCUT2D eigenvalue weighted by atomic mass is 10.2. The summed E-state index contributed by atoms with van der Waals surface area (Å²) in [5, 5.41) is 0. The van der Waals surface area contributed by atoms with E-state index in [4.69, 9.17) is 26.4 Å². The number of rotatable bonds is 6. The van der Waals surface area contributed by atoms with E-state index in [1.165, 1.54) is 11.8 Å². The molecule has 2 saturated heterocycles. The first-order valence-electron chi connectivity index (χ1n) is 8.39. The van der Waals surface area contributed by atoms with Crippen LogP contribution in [0.25, 0.3) is 6.08 Å². The van der Waals surface area contributed by atoms with Gasteiger partial charge in [0.1, 0.15) is 15.8 Å². The van der Waals surface area contributed by atoms with Crippen LogP contribution < -0.4 is 9.47 Å². The molecule has 2 fully saturated rings. The number of hydrogen-bond donors (Lipinski definition) is 0. The van der Waals surface area contributed by atoms with Gasteiger partial charge in [-0.3, -0.25) is 14.6 Å². The number of nitrogens with zero attached hydrogens (tertiary/aromatic N) is 2. The van der Waals surface area contributed by atoms with Crippen molar-refractivity contribution in [2.24, 2.45) is 0 Å². The van der Waals surface area contributed by atoms with Crippen molar-refractivity contribution in [1.29, 1.82) is 0 Å². The zero-order valence-electron chi connectivity index (χ0n) is 14.9. The topological polar surface area (TPSA) is 51.2 Å². The van der Waals surface area contributed by atoms with Crippen LogP contribution in [0, 0.1) is 0 Å². The number of morpholine rings is 1. The van der Waals surface area contributed by atoms with Crippen molar-refractivity contribution in [3.63, 3.8) is 0 Å². The van der Waals surface area contributed by atoms with Gasteiger partial charge in [-0.2, -0.15) is 0 Å². The summed E-state index contributed by atoms with van der Waals surface area (Å²) in [5.41, 5.74) is 0.842. The molecule has 0 bridgehead atoms. The zero-order chi connectivity index (χ0) is 18.5. The van der Waals surface area contributed by atoms with E-state index in [2.05, 4.69) is 4.90 Å². The molecule has 0 saturated carbocycles. The van der Waals surface area contributed by atoms with Crippen molar-refractivity contribution in [2.75, 3.05) is 53.6 Å². The van der Waals surface area contributed by atoms with Gasteiger partial charge in [0.15, 0.2) is 0 Å².